The first-order valence-corrected chi connectivity index (χ1v) is 15.1. The predicted molar refractivity (Wildman–Crippen MR) is 151 cm³/mol. The molecule has 10 heteroatoms. The van der Waals surface area contributed by atoms with Gasteiger partial charge >= 0.3 is 6.09 Å². The molecule has 3 fully saturated rings. The Balaban J connectivity index is 1.11. The van der Waals surface area contributed by atoms with Gasteiger partial charge in [-0.1, -0.05) is 0 Å². The zero-order chi connectivity index (χ0) is 29.3. The highest BCUT2D eigenvalue weighted by Crippen LogP contribution is 2.38. The van der Waals surface area contributed by atoms with E-state index >= 15 is 0 Å². The summed E-state index contributed by atoms with van der Waals surface area (Å²) in [6, 6.07) is 2.17. The van der Waals surface area contributed by atoms with Crippen LogP contribution >= 0.6 is 0 Å². The summed E-state index contributed by atoms with van der Waals surface area (Å²) < 4.78 is 20.0. The number of halogens is 1. The molecule has 1 atom stereocenters. The van der Waals surface area contributed by atoms with Crippen molar-refractivity contribution in [3.05, 3.63) is 34.6 Å². The average Bonchev–Trinajstić information content (AvgIpc) is 3.23. The molecule has 0 radical (unpaired) electrons. The number of likely N-dealkylation sites (tertiary alicyclic amines) is 1. The highest BCUT2D eigenvalue weighted by molar-refractivity contribution is 6.05. The van der Waals surface area contributed by atoms with Crippen LogP contribution in [-0.2, 0) is 20.9 Å². The van der Waals surface area contributed by atoms with Gasteiger partial charge in [-0.25, -0.2) is 9.18 Å². The first kappa shape index (κ1) is 29.5. The number of fused-ring (bicyclic) bond motifs is 1. The Morgan fingerprint density at radius 2 is 1.71 bits per heavy atom. The summed E-state index contributed by atoms with van der Waals surface area (Å²) in [5, 5.41) is 5.25. The molecule has 1 aromatic rings. The van der Waals surface area contributed by atoms with Crippen LogP contribution in [-0.4, -0.2) is 71.4 Å². The smallest absolute Gasteiger partial charge is 0.407 e. The standard InChI is InChI=1S/C31H43FN4O5/c1-31(2,3)41-30(40)33-16-19-4-6-20(7-5-19)17-35-12-10-21(11-13-35)23-14-22(32)15-24-25(23)18-36(29(24)39)26-8-9-27(37)34-28(26)38/h14-15,19-21,26H,4-13,16-18H2,1-3H3,(H,33,40)(H,34,37,38). The first-order valence-electron chi connectivity index (χ1n) is 15.1. The minimum absolute atomic E-state index is 0.167. The summed E-state index contributed by atoms with van der Waals surface area (Å²) in [5.41, 5.74) is 1.58. The van der Waals surface area contributed by atoms with Gasteiger partial charge in [-0.15, -0.1) is 0 Å². The summed E-state index contributed by atoms with van der Waals surface area (Å²) in [7, 11) is 0. The van der Waals surface area contributed by atoms with E-state index in [2.05, 4.69) is 15.5 Å². The summed E-state index contributed by atoms with van der Waals surface area (Å²) in [6.45, 7) is 9.46. The summed E-state index contributed by atoms with van der Waals surface area (Å²) >= 11 is 0. The minimum Gasteiger partial charge on any atom is -0.444 e. The molecule has 3 aliphatic heterocycles. The lowest BCUT2D eigenvalue weighted by molar-refractivity contribution is -0.136. The lowest BCUT2D eigenvalue weighted by Crippen LogP contribution is -2.52. The minimum atomic E-state index is -0.700. The van der Waals surface area contributed by atoms with Crippen molar-refractivity contribution in [2.75, 3.05) is 26.2 Å². The molecule has 5 rings (SSSR count). The van der Waals surface area contributed by atoms with Gasteiger partial charge in [-0.3, -0.25) is 19.7 Å². The topological polar surface area (TPSA) is 108 Å². The fraction of sp³-hybridized carbons (Fsp3) is 0.677. The number of benzene rings is 1. The third-order valence-electron chi connectivity index (χ3n) is 9.10. The molecule has 4 amide bonds. The van der Waals surface area contributed by atoms with Crippen LogP contribution in [0.5, 0.6) is 0 Å². The number of rotatable bonds is 6. The van der Waals surface area contributed by atoms with Crippen molar-refractivity contribution in [1.29, 1.82) is 0 Å². The maximum atomic E-state index is 14.7. The molecule has 2 saturated heterocycles. The van der Waals surface area contributed by atoms with Crippen LogP contribution in [0, 0.1) is 17.7 Å². The highest BCUT2D eigenvalue weighted by atomic mass is 19.1. The molecule has 1 aromatic carbocycles. The normalized spacial score (nSPS) is 26.1. The number of imide groups is 1. The van der Waals surface area contributed by atoms with Crippen molar-refractivity contribution in [1.82, 2.24) is 20.4 Å². The SMILES string of the molecule is CC(C)(C)OC(=O)NCC1CCC(CN2CCC(c3cc(F)cc4c3CN(C3CCC(=O)NC3=O)C4=O)CC2)CC1. The van der Waals surface area contributed by atoms with Gasteiger partial charge in [0, 0.05) is 31.6 Å². The van der Waals surface area contributed by atoms with Crippen LogP contribution in [0.4, 0.5) is 9.18 Å². The highest BCUT2D eigenvalue weighted by Gasteiger charge is 2.41. The first-order chi connectivity index (χ1) is 19.5. The van der Waals surface area contributed by atoms with Crippen LogP contribution in [0.3, 0.4) is 0 Å². The molecule has 224 valence electrons. The van der Waals surface area contributed by atoms with Gasteiger partial charge in [0.25, 0.3) is 5.91 Å². The number of nitrogens with one attached hydrogen (secondary N) is 2. The third kappa shape index (κ3) is 7.08. The number of amides is 4. The zero-order valence-electron chi connectivity index (χ0n) is 24.5. The summed E-state index contributed by atoms with van der Waals surface area (Å²) in [6.07, 6.45) is 6.44. The largest absolute Gasteiger partial charge is 0.444 e. The fourth-order valence-corrected chi connectivity index (χ4v) is 6.97. The van der Waals surface area contributed by atoms with E-state index in [1.54, 1.807) is 6.07 Å². The molecule has 3 heterocycles. The molecular formula is C31H43FN4O5. The number of hydrogen-bond acceptors (Lipinski definition) is 6. The molecule has 0 aromatic heterocycles. The second-order valence-corrected chi connectivity index (χ2v) is 13.3. The number of piperidine rings is 2. The van der Waals surface area contributed by atoms with E-state index in [0.717, 1.165) is 69.3 Å². The Morgan fingerprint density at radius 1 is 1.02 bits per heavy atom. The van der Waals surface area contributed by atoms with E-state index < -0.39 is 23.4 Å². The van der Waals surface area contributed by atoms with Gasteiger partial charge in [-0.05, 0) is 120 Å². The molecule has 41 heavy (non-hydrogen) atoms. The van der Waals surface area contributed by atoms with Gasteiger partial charge in [0.15, 0.2) is 0 Å². The number of hydrogen-bond donors (Lipinski definition) is 2. The molecule has 0 spiro atoms. The van der Waals surface area contributed by atoms with Crippen molar-refractivity contribution >= 4 is 23.8 Å². The molecule has 1 aliphatic carbocycles. The lowest BCUT2D eigenvalue weighted by Gasteiger charge is -2.37. The average molecular weight is 571 g/mol. The van der Waals surface area contributed by atoms with Gasteiger partial charge in [0.1, 0.15) is 17.5 Å². The van der Waals surface area contributed by atoms with Crippen LogP contribution in [0.2, 0.25) is 0 Å². The van der Waals surface area contributed by atoms with Gasteiger partial charge < -0.3 is 19.9 Å². The fourth-order valence-electron chi connectivity index (χ4n) is 6.97. The monoisotopic (exact) mass is 570 g/mol. The quantitative estimate of drug-likeness (QED) is 0.499. The Morgan fingerprint density at radius 3 is 2.37 bits per heavy atom. The predicted octanol–water partition coefficient (Wildman–Crippen LogP) is 4.10. The molecular weight excluding hydrogens is 527 g/mol. The Kier molecular flexibility index (Phi) is 8.68. The van der Waals surface area contributed by atoms with Crippen molar-refractivity contribution in [3.8, 4) is 0 Å². The van der Waals surface area contributed by atoms with E-state index in [1.165, 1.54) is 11.0 Å². The van der Waals surface area contributed by atoms with E-state index in [9.17, 15) is 23.6 Å². The van der Waals surface area contributed by atoms with E-state index in [0.29, 0.717) is 30.4 Å². The van der Waals surface area contributed by atoms with E-state index in [1.807, 2.05) is 20.8 Å². The zero-order valence-corrected chi connectivity index (χ0v) is 24.5. The lowest BCUT2D eigenvalue weighted by atomic mass is 9.81. The van der Waals surface area contributed by atoms with E-state index in [4.69, 9.17) is 4.74 Å². The van der Waals surface area contributed by atoms with Crippen LogP contribution in [0.1, 0.15) is 99.5 Å². The van der Waals surface area contributed by atoms with Gasteiger partial charge in [0.2, 0.25) is 11.8 Å². The summed E-state index contributed by atoms with van der Waals surface area (Å²) in [4.78, 5) is 53.2. The number of carbonyl (C=O) groups excluding carboxylic acids is 4. The van der Waals surface area contributed by atoms with Crippen molar-refractivity contribution in [2.45, 2.75) is 96.2 Å². The maximum Gasteiger partial charge on any atom is 0.407 e. The number of alkyl carbamates (subject to hydrolysis) is 1. The second kappa shape index (κ2) is 12.1. The number of nitrogens with zero attached hydrogens (tertiary/aromatic N) is 2. The van der Waals surface area contributed by atoms with Crippen LogP contribution < -0.4 is 10.6 Å². The molecule has 2 N–H and O–H groups in total. The number of ether oxygens (including phenoxy) is 1. The summed E-state index contributed by atoms with van der Waals surface area (Å²) in [5.74, 6) is -0.227. The molecule has 9 nitrogen and oxygen atoms in total. The Labute approximate surface area is 241 Å². The number of carbonyl (C=O) groups is 4. The van der Waals surface area contributed by atoms with Crippen molar-refractivity contribution < 1.29 is 28.3 Å². The third-order valence-corrected chi connectivity index (χ3v) is 9.10. The molecule has 0 bridgehead atoms. The maximum absolute atomic E-state index is 14.7. The Bertz CT molecular complexity index is 1180. The van der Waals surface area contributed by atoms with Crippen molar-refractivity contribution in [2.24, 2.45) is 11.8 Å². The Hall–Kier alpha value is -3.01. The van der Waals surface area contributed by atoms with E-state index in [-0.39, 0.29) is 36.8 Å². The second-order valence-electron chi connectivity index (χ2n) is 13.3. The van der Waals surface area contributed by atoms with Crippen LogP contribution in [0.15, 0.2) is 12.1 Å². The van der Waals surface area contributed by atoms with Gasteiger partial charge in [-0.2, -0.15) is 0 Å². The van der Waals surface area contributed by atoms with Crippen LogP contribution in [0.25, 0.3) is 0 Å². The van der Waals surface area contributed by atoms with Gasteiger partial charge in [0.05, 0.1) is 0 Å². The molecule has 4 aliphatic rings. The molecule has 1 unspecified atom stereocenters. The molecule has 1 saturated carbocycles. The van der Waals surface area contributed by atoms with Crippen molar-refractivity contribution in [3.63, 3.8) is 0 Å².